The molecular weight excluding hydrogens is 257 g/mol. The number of hydrazine groups is 1. The van der Waals surface area contributed by atoms with Gasteiger partial charge in [-0.05, 0) is 21.0 Å². The van der Waals surface area contributed by atoms with Crippen molar-refractivity contribution in [3.05, 3.63) is 0 Å². The molecule has 0 saturated carbocycles. The van der Waals surface area contributed by atoms with Crippen LogP contribution in [-0.2, 0) is 4.79 Å². The van der Waals surface area contributed by atoms with Gasteiger partial charge in [0.2, 0.25) is 5.91 Å². The Labute approximate surface area is 80.8 Å². The molecular formula is C6H14IN3O. The average molecular weight is 271 g/mol. The van der Waals surface area contributed by atoms with Gasteiger partial charge in [-0.2, -0.15) is 0 Å². The van der Waals surface area contributed by atoms with Crippen LogP contribution in [0.1, 0.15) is 6.92 Å². The number of hydrogen-bond acceptors (Lipinski definition) is 3. The van der Waals surface area contributed by atoms with Crippen molar-refractivity contribution >= 4 is 28.5 Å². The molecule has 1 atom stereocenters. The Balaban J connectivity index is 3.38. The van der Waals surface area contributed by atoms with Gasteiger partial charge in [-0.3, -0.25) is 10.2 Å². The van der Waals surface area contributed by atoms with E-state index in [1.807, 2.05) is 25.9 Å². The lowest BCUT2D eigenvalue weighted by molar-refractivity contribution is -0.122. The normalized spacial score (nSPS) is 13.2. The molecule has 66 valence electrons. The lowest BCUT2D eigenvalue weighted by atomic mass is 10.6. The Bertz CT molecular complexity index is 127. The minimum Gasteiger partial charge on any atom is -0.301 e. The summed E-state index contributed by atoms with van der Waals surface area (Å²) in [4.78, 5) is 12.8. The number of nitrogens with zero attached hydrogens (tertiary/aromatic N) is 1. The molecule has 0 aromatic heterocycles. The summed E-state index contributed by atoms with van der Waals surface area (Å²) in [5.41, 5.74) is 5.39. The summed E-state index contributed by atoms with van der Waals surface area (Å²) in [5.74, 6) is -0.0153. The summed E-state index contributed by atoms with van der Waals surface area (Å²) in [7, 11) is 3.71. The summed E-state index contributed by atoms with van der Waals surface area (Å²) >= 11 is 2.17. The van der Waals surface area contributed by atoms with Crippen molar-refractivity contribution < 1.29 is 4.79 Å². The molecule has 0 heterocycles. The second kappa shape index (κ2) is 5.73. The number of likely N-dealkylation sites (N-methyl/N-ethyl adjacent to an activating group) is 1. The van der Waals surface area contributed by atoms with Crippen molar-refractivity contribution in [2.75, 3.05) is 20.6 Å². The van der Waals surface area contributed by atoms with Crippen molar-refractivity contribution in [1.29, 1.82) is 0 Å². The van der Waals surface area contributed by atoms with E-state index in [2.05, 4.69) is 33.4 Å². The smallest absolute Gasteiger partial charge is 0.248 e. The summed E-state index contributed by atoms with van der Waals surface area (Å²) < 4.78 is 0.249. The topological polar surface area (TPSA) is 44.4 Å². The van der Waals surface area contributed by atoms with Gasteiger partial charge in [-0.1, -0.05) is 22.6 Å². The molecule has 0 bridgehead atoms. The number of alkyl halides is 1. The van der Waals surface area contributed by atoms with Crippen LogP contribution in [0.15, 0.2) is 0 Å². The minimum absolute atomic E-state index is 0.0153. The maximum atomic E-state index is 10.9. The molecule has 0 rings (SSSR count). The first-order chi connectivity index (χ1) is 5.02. The molecule has 0 radical (unpaired) electrons. The quantitative estimate of drug-likeness (QED) is 0.326. The molecule has 0 saturated heterocycles. The van der Waals surface area contributed by atoms with E-state index in [0.717, 1.165) is 0 Å². The number of halogens is 1. The zero-order valence-corrected chi connectivity index (χ0v) is 9.18. The predicted molar refractivity (Wildman–Crippen MR) is 53.3 cm³/mol. The fourth-order valence-electron chi connectivity index (χ4n) is 0.507. The minimum atomic E-state index is -0.0153. The summed E-state index contributed by atoms with van der Waals surface area (Å²) in [5, 5.41) is 0. The Kier molecular flexibility index (Phi) is 5.79. The Morgan fingerprint density at radius 2 is 2.18 bits per heavy atom. The molecule has 11 heavy (non-hydrogen) atoms. The monoisotopic (exact) mass is 271 g/mol. The van der Waals surface area contributed by atoms with Crippen molar-refractivity contribution in [2.24, 2.45) is 0 Å². The molecule has 0 aromatic rings. The highest BCUT2D eigenvalue weighted by Crippen LogP contribution is 1.88. The average Bonchev–Trinajstić information content (AvgIpc) is 1.82. The van der Waals surface area contributed by atoms with Crippen LogP contribution in [0.25, 0.3) is 0 Å². The van der Waals surface area contributed by atoms with E-state index >= 15 is 0 Å². The fraction of sp³-hybridized carbons (Fsp3) is 0.833. The first kappa shape index (κ1) is 11.1. The molecule has 2 N–H and O–H groups in total. The summed E-state index contributed by atoms with van der Waals surface area (Å²) in [6.45, 7) is 2.37. The van der Waals surface area contributed by atoms with E-state index in [9.17, 15) is 4.79 Å². The van der Waals surface area contributed by atoms with E-state index in [-0.39, 0.29) is 9.96 Å². The van der Waals surface area contributed by atoms with Crippen LogP contribution < -0.4 is 10.9 Å². The van der Waals surface area contributed by atoms with Gasteiger partial charge in [0.05, 0.1) is 10.6 Å². The molecule has 1 unspecified atom stereocenters. The number of rotatable bonds is 4. The van der Waals surface area contributed by atoms with E-state index in [1.165, 1.54) is 0 Å². The van der Waals surface area contributed by atoms with Crippen LogP contribution in [-0.4, -0.2) is 35.5 Å². The summed E-state index contributed by atoms with van der Waals surface area (Å²) in [6, 6.07) is 0. The second-order valence-corrected chi connectivity index (χ2v) is 4.41. The molecule has 0 aliphatic heterocycles. The highest BCUT2D eigenvalue weighted by Gasteiger charge is 2.01. The van der Waals surface area contributed by atoms with Crippen molar-refractivity contribution in [1.82, 2.24) is 15.8 Å². The zero-order chi connectivity index (χ0) is 8.85. The Morgan fingerprint density at radius 3 is 2.55 bits per heavy atom. The molecule has 4 nitrogen and oxygen atoms in total. The predicted octanol–water partition coefficient (Wildman–Crippen LogP) is -0.0502. The third-order valence-electron chi connectivity index (χ3n) is 0.870. The SMILES string of the molecule is CC(I)NNC(=O)CN(C)C. The Hall–Kier alpha value is 0.120. The standard InChI is InChI=1S/C6H14IN3O/c1-5(7)8-9-6(11)4-10(2)3/h5,8H,4H2,1-3H3,(H,9,11). The van der Waals surface area contributed by atoms with Crippen molar-refractivity contribution in [2.45, 2.75) is 11.0 Å². The maximum absolute atomic E-state index is 10.9. The van der Waals surface area contributed by atoms with E-state index in [4.69, 9.17) is 0 Å². The Morgan fingerprint density at radius 1 is 1.64 bits per heavy atom. The van der Waals surface area contributed by atoms with Gasteiger partial charge in [0.25, 0.3) is 0 Å². The number of carbonyl (C=O) groups excluding carboxylic acids is 1. The third kappa shape index (κ3) is 8.02. The first-order valence-electron chi connectivity index (χ1n) is 3.35. The first-order valence-corrected chi connectivity index (χ1v) is 4.60. The zero-order valence-electron chi connectivity index (χ0n) is 7.02. The highest BCUT2D eigenvalue weighted by molar-refractivity contribution is 14.1. The van der Waals surface area contributed by atoms with E-state index < -0.39 is 0 Å². The van der Waals surface area contributed by atoms with Gasteiger partial charge in [0.15, 0.2) is 0 Å². The highest BCUT2D eigenvalue weighted by atomic mass is 127. The molecule has 0 aromatic carbocycles. The molecule has 0 spiro atoms. The van der Waals surface area contributed by atoms with Gasteiger partial charge in [0, 0.05) is 0 Å². The molecule has 0 aliphatic carbocycles. The number of nitrogens with one attached hydrogen (secondary N) is 2. The largest absolute Gasteiger partial charge is 0.301 e. The van der Waals surface area contributed by atoms with Gasteiger partial charge < -0.3 is 4.90 Å². The van der Waals surface area contributed by atoms with Crippen LogP contribution in [0, 0.1) is 0 Å². The molecule has 5 heteroatoms. The lowest BCUT2D eigenvalue weighted by Crippen LogP contribution is -2.44. The number of hydrogen-bond donors (Lipinski definition) is 2. The fourth-order valence-corrected chi connectivity index (χ4v) is 0.662. The number of carbonyl (C=O) groups is 1. The maximum Gasteiger partial charge on any atom is 0.248 e. The van der Waals surface area contributed by atoms with Crippen molar-refractivity contribution in [3.8, 4) is 0 Å². The van der Waals surface area contributed by atoms with Crippen LogP contribution in [0.2, 0.25) is 0 Å². The second-order valence-electron chi connectivity index (χ2n) is 2.55. The number of amides is 1. The molecule has 1 amide bonds. The van der Waals surface area contributed by atoms with Crippen LogP contribution in [0.5, 0.6) is 0 Å². The molecule has 0 fully saturated rings. The van der Waals surface area contributed by atoms with Crippen LogP contribution >= 0.6 is 22.6 Å². The summed E-state index contributed by atoms with van der Waals surface area (Å²) in [6.07, 6.45) is 0. The lowest BCUT2D eigenvalue weighted by Gasteiger charge is -2.11. The molecule has 0 aliphatic rings. The van der Waals surface area contributed by atoms with Crippen LogP contribution in [0.4, 0.5) is 0 Å². The van der Waals surface area contributed by atoms with Gasteiger partial charge in [-0.15, -0.1) is 0 Å². The third-order valence-corrected chi connectivity index (χ3v) is 1.18. The van der Waals surface area contributed by atoms with Crippen LogP contribution in [0.3, 0.4) is 0 Å². The van der Waals surface area contributed by atoms with Gasteiger partial charge >= 0.3 is 0 Å². The van der Waals surface area contributed by atoms with Gasteiger partial charge in [-0.25, -0.2) is 5.43 Å². The van der Waals surface area contributed by atoms with Gasteiger partial charge in [0.1, 0.15) is 0 Å². The van der Waals surface area contributed by atoms with E-state index in [1.54, 1.807) is 0 Å². The van der Waals surface area contributed by atoms with E-state index in [0.29, 0.717) is 6.54 Å². The van der Waals surface area contributed by atoms with Crippen molar-refractivity contribution in [3.63, 3.8) is 0 Å².